The first-order chi connectivity index (χ1) is 10.9. The van der Waals surface area contributed by atoms with Gasteiger partial charge in [0.1, 0.15) is 5.76 Å². The van der Waals surface area contributed by atoms with Crippen molar-refractivity contribution < 1.29 is 9.32 Å². The smallest absolute Gasteiger partial charge is 0.273 e. The lowest BCUT2D eigenvalue weighted by atomic mass is 9.99. The number of carbonyl (C=O) groups excluding carboxylic acids is 1. The van der Waals surface area contributed by atoms with Crippen LogP contribution in [-0.2, 0) is 6.42 Å². The molecule has 23 heavy (non-hydrogen) atoms. The Morgan fingerprint density at radius 1 is 1.35 bits per heavy atom. The van der Waals surface area contributed by atoms with E-state index in [1.54, 1.807) is 6.07 Å². The van der Waals surface area contributed by atoms with Crippen molar-refractivity contribution in [1.82, 2.24) is 20.3 Å². The van der Waals surface area contributed by atoms with Crippen molar-refractivity contribution in [3.63, 3.8) is 0 Å². The number of nitrogens with one attached hydrogen (secondary N) is 1. The molecule has 1 amide bonds. The SMILES string of the molecule is CCCc1cc(C(=O)NC(C)(C)CCN2CCN(C)CC2)no1. The monoisotopic (exact) mass is 322 g/mol. The highest BCUT2D eigenvalue weighted by Crippen LogP contribution is 2.13. The summed E-state index contributed by atoms with van der Waals surface area (Å²) in [6, 6.07) is 1.75. The minimum absolute atomic E-state index is 0.153. The van der Waals surface area contributed by atoms with Crippen molar-refractivity contribution in [2.45, 2.75) is 45.6 Å². The molecule has 0 radical (unpaired) electrons. The molecule has 6 heteroatoms. The van der Waals surface area contributed by atoms with Crippen LogP contribution in [0.15, 0.2) is 10.6 Å². The van der Waals surface area contributed by atoms with E-state index in [1.165, 1.54) is 0 Å². The number of amides is 1. The predicted octanol–water partition coefficient (Wildman–Crippen LogP) is 1.77. The van der Waals surface area contributed by atoms with Gasteiger partial charge in [0.15, 0.2) is 5.69 Å². The minimum atomic E-state index is -0.260. The van der Waals surface area contributed by atoms with Gasteiger partial charge in [0.05, 0.1) is 0 Å². The van der Waals surface area contributed by atoms with Crippen LogP contribution in [0, 0.1) is 0 Å². The molecule has 2 rings (SSSR count). The first-order valence-electron chi connectivity index (χ1n) is 8.58. The van der Waals surface area contributed by atoms with Crippen LogP contribution in [0.3, 0.4) is 0 Å². The maximum atomic E-state index is 12.3. The van der Waals surface area contributed by atoms with Crippen LogP contribution < -0.4 is 5.32 Å². The zero-order valence-electron chi connectivity index (χ0n) is 14.9. The van der Waals surface area contributed by atoms with Gasteiger partial charge in [0, 0.05) is 50.7 Å². The number of piperazine rings is 1. The van der Waals surface area contributed by atoms with Crippen LogP contribution in [0.2, 0.25) is 0 Å². The maximum Gasteiger partial charge on any atom is 0.273 e. The summed E-state index contributed by atoms with van der Waals surface area (Å²) in [6.07, 6.45) is 2.71. The Kier molecular flexibility index (Phi) is 6.18. The molecular formula is C17H30N4O2. The summed E-state index contributed by atoms with van der Waals surface area (Å²) in [7, 11) is 2.16. The van der Waals surface area contributed by atoms with Crippen LogP contribution in [0.25, 0.3) is 0 Å². The summed E-state index contributed by atoms with van der Waals surface area (Å²) in [4.78, 5) is 17.1. The van der Waals surface area contributed by atoms with E-state index in [2.05, 4.69) is 48.1 Å². The topological polar surface area (TPSA) is 61.6 Å². The fourth-order valence-electron chi connectivity index (χ4n) is 2.73. The van der Waals surface area contributed by atoms with Gasteiger partial charge in [-0.05, 0) is 33.7 Å². The number of rotatable bonds is 7. The second-order valence-electron chi connectivity index (χ2n) is 7.16. The summed E-state index contributed by atoms with van der Waals surface area (Å²) in [6.45, 7) is 11.6. The van der Waals surface area contributed by atoms with Crippen LogP contribution in [0.4, 0.5) is 0 Å². The molecule has 0 aromatic carbocycles. The molecule has 1 aliphatic rings. The number of aryl methyl sites for hydroxylation is 1. The molecule has 130 valence electrons. The first kappa shape index (κ1) is 17.9. The Morgan fingerprint density at radius 2 is 2.04 bits per heavy atom. The molecule has 2 heterocycles. The van der Waals surface area contributed by atoms with Crippen molar-refractivity contribution in [1.29, 1.82) is 0 Å². The highest BCUT2D eigenvalue weighted by atomic mass is 16.5. The third-order valence-corrected chi connectivity index (χ3v) is 4.39. The molecule has 0 spiro atoms. The number of hydrogen-bond donors (Lipinski definition) is 1. The van der Waals surface area contributed by atoms with Crippen molar-refractivity contribution in [3.05, 3.63) is 17.5 Å². The summed E-state index contributed by atoms with van der Waals surface area (Å²) < 4.78 is 5.18. The Balaban J connectivity index is 1.80. The lowest BCUT2D eigenvalue weighted by Gasteiger charge is -2.35. The second-order valence-corrected chi connectivity index (χ2v) is 7.16. The van der Waals surface area contributed by atoms with Gasteiger partial charge < -0.3 is 19.6 Å². The van der Waals surface area contributed by atoms with E-state index in [1.807, 2.05) is 0 Å². The lowest BCUT2D eigenvalue weighted by Crippen LogP contribution is -2.49. The molecule has 0 saturated carbocycles. The van der Waals surface area contributed by atoms with E-state index in [4.69, 9.17) is 4.52 Å². The number of nitrogens with zero attached hydrogens (tertiary/aromatic N) is 3. The van der Waals surface area contributed by atoms with Crippen molar-refractivity contribution >= 4 is 5.91 Å². The predicted molar refractivity (Wildman–Crippen MR) is 90.6 cm³/mol. The zero-order chi connectivity index (χ0) is 16.9. The Labute approximate surface area is 139 Å². The summed E-state index contributed by atoms with van der Waals surface area (Å²) in [5, 5.41) is 6.95. The highest BCUT2D eigenvalue weighted by Gasteiger charge is 2.24. The normalized spacial score (nSPS) is 17.4. The standard InChI is InChI=1S/C17H30N4O2/c1-5-6-14-13-15(19-23-14)16(22)18-17(2,3)7-8-21-11-9-20(4)10-12-21/h13H,5-12H2,1-4H3,(H,18,22). The fourth-order valence-corrected chi connectivity index (χ4v) is 2.73. The summed E-state index contributed by atoms with van der Waals surface area (Å²) in [5.74, 6) is 0.618. The number of likely N-dealkylation sites (N-methyl/N-ethyl adjacent to an activating group) is 1. The third kappa shape index (κ3) is 5.62. The number of carbonyl (C=O) groups is 1. The van der Waals surface area contributed by atoms with E-state index in [0.29, 0.717) is 5.69 Å². The molecule has 1 aromatic heterocycles. The first-order valence-corrected chi connectivity index (χ1v) is 8.58. The molecule has 1 aliphatic heterocycles. The fraction of sp³-hybridized carbons (Fsp3) is 0.765. The van der Waals surface area contributed by atoms with Gasteiger partial charge in [-0.25, -0.2) is 0 Å². The van der Waals surface area contributed by atoms with E-state index >= 15 is 0 Å². The maximum absolute atomic E-state index is 12.3. The van der Waals surface area contributed by atoms with Crippen LogP contribution in [-0.4, -0.2) is 66.2 Å². The molecule has 0 unspecified atom stereocenters. The molecule has 1 saturated heterocycles. The second kappa shape index (κ2) is 7.93. The molecule has 6 nitrogen and oxygen atoms in total. The molecule has 0 aliphatic carbocycles. The average molecular weight is 322 g/mol. The van der Waals surface area contributed by atoms with Crippen molar-refractivity contribution in [2.24, 2.45) is 0 Å². The molecule has 0 atom stereocenters. The van der Waals surface area contributed by atoms with Gasteiger partial charge >= 0.3 is 0 Å². The van der Waals surface area contributed by atoms with E-state index in [0.717, 1.165) is 57.7 Å². The minimum Gasteiger partial charge on any atom is -0.361 e. The quantitative estimate of drug-likeness (QED) is 0.829. The summed E-state index contributed by atoms with van der Waals surface area (Å²) >= 11 is 0. The van der Waals surface area contributed by atoms with Crippen LogP contribution in [0.5, 0.6) is 0 Å². The van der Waals surface area contributed by atoms with E-state index < -0.39 is 0 Å². The lowest BCUT2D eigenvalue weighted by molar-refractivity contribution is 0.0884. The Morgan fingerprint density at radius 3 is 2.70 bits per heavy atom. The van der Waals surface area contributed by atoms with Gasteiger partial charge in [0.25, 0.3) is 5.91 Å². The van der Waals surface area contributed by atoms with Crippen LogP contribution in [0.1, 0.15) is 49.9 Å². The highest BCUT2D eigenvalue weighted by molar-refractivity contribution is 5.92. The Hall–Kier alpha value is -1.40. The van der Waals surface area contributed by atoms with Gasteiger partial charge in [-0.15, -0.1) is 0 Å². The summed E-state index contributed by atoms with van der Waals surface area (Å²) in [5.41, 5.74) is 0.116. The van der Waals surface area contributed by atoms with Gasteiger partial charge in [0.2, 0.25) is 0 Å². The zero-order valence-corrected chi connectivity index (χ0v) is 14.9. The number of hydrogen-bond acceptors (Lipinski definition) is 5. The van der Waals surface area contributed by atoms with Gasteiger partial charge in [-0.2, -0.15) is 0 Å². The largest absolute Gasteiger partial charge is 0.361 e. The van der Waals surface area contributed by atoms with Crippen molar-refractivity contribution in [3.8, 4) is 0 Å². The molecular weight excluding hydrogens is 292 g/mol. The van der Waals surface area contributed by atoms with E-state index in [-0.39, 0.29) is 11.4 Å². The van der Waals surface area contributed by atoms with Gasteiger partial charge in [-0.1, -0.05) is 12.1 Å². The van der Waals surface area contributed by atoms with E-state index in [9.17, 15) is 4.79 Å². The molecule has 0 bridgehead atoms. The average Bonchev–Trinajstić information content (AvgIpc) is 2.96. The Bertz CT molecular complexity index is 504. The molecule has 1 fully saturated rings. The molecule has 1 N–H and O–H groups in total. The third-order valence-electron chi connectivity index (χ3n) is 4.39. The molecule has 1 aromatic rings. The van der Waals surface area contributed by atoms with Crippen molar-refractivity contribution in [2.75, 3.05) is 39.8 Å². The number of aromatic nitrogens is 1. The van der Waals surface area contributed by atoms with Crippen LogP contribution >= 0.6 is 0 Å². The van der Waals surface area contributed by atoms with Gasteiger partial charge in [-0.3, -0.25) is 4.79 Å².